The summed E-state index contributed by atoms with van der Waals surface area (Å²) in [7, 11) is 1.63. The summed E-state index contributed by atoms with van der Waals surface area (Å²) in [5.74, 6) is 0.498. The van der Waals surface area contributed by atoms with Gasteiger partial charge in [-0.15, -0.1) is 0 Å². The number of aryl methyl sites for hydroxylation is 1. The SMILES string of the molecule is Cc1oc(CN(C)C(=O)C(C)Oc2cccc(C(C)C)c2)cc1C(=O)O. The van der Waals surface area contributed by atoms with Crippen molar-refractivity contribution in [1.82, 2.24) is 4.90 Å². The average molecular weight is 359 g/mol. The zero-order chi connectivity index (χ0) is 19.4. The maximum atomic E-state index is 12.5. The molecule has 1 aromatic heterocycles. The Labute approximate surface area is 153 Å². The molecule has 6 nitrogen and oxygen atoms in total. The molecular weight excluding hydrogens is 334 g/mol. The molecule has 0 aliphatic heterocycles. The van der Waals surface area contributed by atoms with E-state index in [9.17, 15) is 9.59 Å². The summed E-state index contributed by atoms with van der Waals surface area (Å²) >= 11 is 0. The van der Waals surface area contributed by atoms with Crippen LogP contribution in [0.25, 0.3) is 0 Å². The van der Waals surface area contributed by atoms with Crippen molar-refractivity contribution < 1.29 is 23.8 Å². The van der Waals surface area contributed by atoms with Gasteiger partial charge in [-0.25, -0.2) is 4.79 Å². The molecule has 1 heterocycles. The minimum absolute atomic E-state index is 0.107. The third-order valence-electron chi connectivity index (χ3n) is 4.15. The number of carbonyl (C=O) groups excluding carboxylic acids is 1. The fourth-order valence-electron chi connectivity index (χ4n) is 2.66. The number of furan rings is 1. The Kier molecular flexibility index (Phi) is 6.08. The third kappa shape index (κ3) is 4.65. The van der Waals surface area contributed by atoms with Gasteiger partial charge in [0.05, 0.1) is 6.54 Å². The van der Waals surface area contributed by atoms with Gasteiger partial charge in [0.2, 0.25) is 0 Å². The number of rotatable bonds is 7. The highest BCUT2D eigenvalue weighted by Crippen LogP contribution is 2.22. The maximum Gasteiger partial charge on any atom is 0.339 e. The Morgan fingerprint density at radius 3 is 2.50 bits per heavy atom. The molecule has 0 saturated heterocycles. The van der Waals surface area contributed by atoms with E-state index in [2.05, 4.69) is 13.8 Å². The third-order valence-corrected chi connectivity index (χ3v) is 4.15. The van der Waals surface area contributed by atoms with Gasteiger partial charge in [-0.1, -0.05) is 26.0 Å². The number of hydrogen-bond acceptors (Lipinski definition) is 4. The zero-order valence-corrected chi connectivity index (χ0v) is 15.8. The van der Waals surface area contributed by atoms with Crippen molar-refractivity contribution >= 4 is 11.9 Å². The number of likely N-dealkylation sites (N-methyl/N-ethyl adjacent to an activating group) is 1. The first-order valence-corrected chi connectivity index (χ1v) is 8.53. The second-order valence-corrected chi connectivity index (χ2v) is 6.67. The topological polar surface area (TPSA) is 80.0 Å². The Morgan fingerprint density at radius 2 is 1.92 bits per heavy atom. The van der Waals surface area contributed by atoms with Crippen LogP contribution in [0.3, 0.4) is 0 Å². The Morgan fingerprint density at radius 1 is 1.23 bits per heavy atom. The molecule has 0 fully saturated rings. The van der Waals surface area contributed by atoms with E-state index in [0.29, 0.717) is 23.2 Å². The van der Waals surface area contributed by atoms with Crippen molar-refractivity contribution in [3.63, 3.8) is 0 Å². The van der Waals surface area contributed by atoms with Gasteiger partial charge in [0, 0.05) is 7.05 Å². The van der Waals surface area contributed by atoms with Crippen LogP contribution in [0.1, 0.15) is 54.1 Å². The molecule has 2 aromatic rings. The van der Waals surface area contributed by atoms with Crippen molar-refractivity contribution in [2.45, 2.75) is 46.3 Å². The van der Waals surface area contributed by atoms with Crippen LogP contribution in [0, 0.1) is 6.92 Å². The second kappa shape index (κ2) is 8.08. The van der Waals surface area contributed by atoms with Gasteiger partial charge in [-0.3, -0.25) is 4.79 Å². The van der Waals surface area contributed by atoms with Crippen LogP contribution in [0.15, 0.2) is 34.7 Å². The van der Waals surface area contributed by atoms with Crippen LogP contribution in [-0.4, -0.2) is 35.0 Å². The molecule has 1 amide bonds. The Hall–Kier alpha value is -2.76. The number of nitrogens with zero attached hydrogens (tertiary/aromatic N) is 1. The Balaban J connectivity index is 2.02. The van der Waals surface area contributed by atoms with Gasteiger partial charge >= 0.3 is 5.97 Å². The summed E-state index contributed by atoms with van der Waals surface area (Å²) in [6.07, 6.45) is -0.669. The van der Waals surface area contributed by atoms with Crippen LogP contribution in [0.5, 0.6) is 5.75 Å². The highest BCUT2D eigenvalue weighted by Gasteiger charge is 2.22. The first kappa shape index (κ1) is 19.6. The minimum atomic E-state index is -1.05. The monoisotopic (exact) mass is 359 g/mol. The molecule has 2 rings (SSSR count). The van der Waals surface area contributed by atoms with Crippen molar-refractivity contribution in [3.05, 3.63) is 53.0 Å². The lowest BCUT2D eigenvalue weighted by atomic mass is 10.0. The molecule has 140 valence electrons. The van der Waals surface area contributed by atoms with Gasteiger partial charge in [0.15, 0.2) is 6.10 Å². The summed E-state index contributed by atoms with van der Waals surface area (Å²) in [5, 5.41) is 9.08. The summed E-state index contributed by atoms with van der Waals surface area (Å²) in [6.45, 7) is 7.64. The first-order chi connectivity index (χ1) is 12.2. The molecule has 0 aliphatic rings. The van der Waals surface area contributed by atoms with E-state index in [1.807, 2.05) is 24.3 Å². The number of benzene rings is 1. The van der Waals surface area contributed by atoms with E-state index in [1.165, 1.54) is 11.0 Å². The van der Waals surface area contributed by atoms with E-state index in [-0.39, 0.29) is 18.0 Å². The minimum Gasteiger partial charge on any atom is -0.481 e. The van der Waals surface area contributed by atoms with E-state index in [4.69, 9.17) is 14.3 Å². The van der Waals surface area contributed by atoms with Crippen molar-refractivity contribution in [3.8, 4) is 5.75 Å². The average Bonchev–Trinajstić information content (AvgIpc) is 2.94. The summed E-state index contributed by atoms with van der Waals surface area (Å²) in [4.78, 5) is 25.1. The lowest BCUT2D eigenvalue weighted by Gasteiger charge is -2.21. The molecule has 0 bridgehead atoms. The zero-order valence-electron chi connectivity index (χ0n) is 15.8. The van der Waals surface area contributed by atoms with E-state index >= 15 is 0 Å². The number of carboxylic acids is 1. The number of ether oxygens (including phenoxy) is 1. The van der Waals surface area contributed by atoms with Gasteiger partial charge in [0.25, 0.3) is 5.91 Å². The maximum absolute atomic E-state index is 12.5. The van der Waals surface area contributed by atoms with E-state index in [0.717, 1.165) is 5.56 Å². The molecule has 1 aromatic carbocycles. The number of carboxylic acid groups (broad SMARTS) is 1. The molecular formula is C20H25NO5. The lowest BCUT2D eigenvalue weighted by molar-refractivity contribution is -0.137. The van der Waals surface area contributed by atoms with Gasteiger partial charge in [-0.2, -0.15) is 0 Å². The van der Waals surface area contributed by atoms with Crippen LogP contribution in [0.2, 0.25) is 0 Å². The van der Waals surface area contributed by atoms with Crippen molar-refractivity contribution in [2.75, 3.05) is 7.05 Å². The molecule has 0 saturated carbocycles. The largest absolute Gasteiger partial charge is 0.481 e. The fraction of sp³-hybridized carbons (Fsp3) is 0.400. The second-order valence-electron chi connectivity index (χ2n) is 6.67. The van der Waals surface area contributed by atoms with Crippen molar-refractivity contribution in [2.24, 2.45) is 0 Å². The number of hydrogen-bond donors (Lipinski definition) is 1. The number of amides is 1. The van der Waals surface area contributed by atoms with Crippen LogP contribution in [0.4, 0.5) is 0 Å². The van der Waals surface area contributed by atoms with Crippen molar-refractivity contribution in [1.29, 1.82) is 0 Å². The van der Waals surface area contributed by atoms with E-state index in [1.54, 1.807) is 20.9 Å². The normalized spacial score (nSPS) is 12.1. The Bertz CT molecular complexity index is 793. The smallest absolute Gasteiger partial charge is 0.339 e. The van der Waals surface area contributed by atoms with Crippen LogP contribution < -0.4 is 4.74 Å². The molecule has 1 atom stereocenters. The summed E-state index contributed by atoms with van der Waals surface area (Å²) < 4.78 is 11.2. The van der Waals surface area contributed by atoms with Gasteiger partial charge < -0.3 is 19.2 Å². The molecule has 6 heteroatoms. The van der Waals surface area contributed by atoms with E-state index < -0.39 is 12.1 Å². The molecule has 1 unspecified atom stereocenters. The highest BCUT2D eigenvalue weighted by molar-refractivity contribution is 5.88. The van der Waals surface area contributed by atoms with Gasteiger partial charge in [0.1, 0.15) is 22.8 Å². The molecule has 26 heavy (non-hydrogen) atoms. The number of aromatic carboxylic acids is 1. The standard InChI is InChI=1S/C20H25NO5/c1-12(2)15-7-6-8-16(9-15)26-14(4)19(22)21(5)11-17-10-18(20(23)24)13(3)25-17/h6-10,12,14H,11H2,1-5H3,(H,23,24). The molecule has 0 spiro atoms. The number of carbonyl (C=O) groups is 2. The first-order valence-electron chi connectivity index (χ1n) is 8.53. The fourth-order valence-corrected chi connectivity index (χ4v) is 2.66. The quantitative estimate of drug-likeness (QED) is 0.812. The predicted octanol–water partition coefficient (Wildman–Crippen LogP) is 3.84. The molecule has 0 radical (unpaired) electrons. The summed E-state index contributed by atoms with van der Waals surface area (Å²) in [6, 6.07) is 9.13. The predicted molar refractivity (Wildman–Crippen MR) is 97.5 cm³/mol. The summed E-state index contributed by atoms with van der Waals surface area (Å²) in [5.41, 5.74) is 1.25. The molecule has 1 N–H and O–H groups in total. The highest BCUT2D eigenvalue weighted by atomic mass is 16.5. The lowest BCUT2D eigenvalue weighted by Crippen LogP contribution is -2.37. The van der Waals surface area contributed by atoms with Crippen LogP contribution in [-0.2, 0) is 11.3 Å². The van der Waals surface area contributed by atoms with Gasteiger partial charge in [-0.05, 0) is 43.5 Å². The van der Waals surface area contributed by atoms with Crippen LogP contribution >= 0.6 is 0 Å². The molecule has 0 aliphatic carbocycles.